The highest BCUT2D eigenvalue weighted by atomic mass is 35.5. The summed E-state index contributed by atoms with van der Waals surface area (Å²) in [4.78, 5) is 9.23. The van der Waals surface area contributed by atoms with Gasteiger partial charge in [0.1, 0.15) is 11.3 Å². The first-order chi connectivity index (χ1) is 13.5. The maximum Gasteiger partial charge on any atom is 0.240 e. The van der Waals surface area contributed by atoms with Crippen molar-refractivity contribution in [3.8, 4) is 11.4 Å². The number of nitrogens with one attached hydrogen (secondary N) is 1. The third-order valence-corrected chi connectivity index (χ3v) is 5.96. The summed E-state index contributed by atoms with van der Waals surface area (Å²) in [6.07, 6.45) is 1.70. The number of benzene rings is 2. The maximum atomic E-state index is 12.5. The SMILES string of the molecule is O=S(=O)(NCCn1c(-c2ccccc2)nc2cccnc21)c1cccc(Cl)c1. The Morgan fingerprint density at radius 2 is 1.82 bits per heavy atom. The van der Waals surface area contributed by atoms with Gasteiger partial charge in [0.05, 0.1) is 4.90 Å². The van der Waals surface area contributed by atoms with E-state index in [-0.39, 0.29) is 11.4 Å². The molecule has 0 saturated heterocycles. The van der Waals surface area contributed by atoms with Crippen LogP contribution in [-0.2, 0) is 16.6 Å². The minimum atomic E-state index is -3.66. The molecule has 0 aliphatic heterocycles. The van der Waals surface area contributed by atoms with Crippen LogP contribution in [0.5, 0.6) is 0 Å². The zero-order valence-electron chi connectivity index (χ0n) is 14.8. The maximum absolute atomic E-state index is 12.5. The molecule has 28 heavy (non-hydrogen) atoms. The molecule has 4 rings (SSSR count). The van der Waals surface area contributed by atoms with Crippen molar-refractivity contribution in [1.29, 1.82) is 0 Å². The van der Waals surface area contributed by atoms with Crippen molar-refractivity contribution < 1.29 is 8.42 Å². The van der Waals surface area contributed by atoms with Crippen LogP contribution in [0.25, 0.3) is 22.6 Å². The number of halogens is 1. The monoisotopic (exact) mass is 412 g/mol. The molecule has 1 N–H and O–H groups in total. The lowest BCUT2D eigenvalue weighted by atomic mass is 10.2. The van der Waals surface area contributed by atoms with Gasteiger partial charge >= 0.3 is 0 Å². The molecule has 8 heteroatoms. The minimum Gasteiger partial charge on any atom is -0.307 e. The molecule has 0 aliphatic rings. The Bertz CT molecular complexity index is 1220. The van der Waals surface area contributed by atoms with Crippen molar-refractivity contribution >= 4 is 32.8 Å². The van der Waals surface area contributed by atoms with Crippen LogP contribution in [0, 0.1) is 0 Å². The Morgan fingerprint density at radius 1 is 1.00 bits per heavy atom. The number of hydrogen-bond donors (Lipinski definition) is 1. The molecule has 142 valence electrons. The zero-order valence-corrected chi connectivity index (χ0v) is 16.4. The average molecular weight is 413 g/mol. The third kappa shape index (κ3) is 3.77. The van der Waals surface area contributed by atoms with Crippen LogP contribution in [0.3, 0.4) is 0 Å². The van der Waals surface area contributed by atoms with Crippen molar-refractivity contribution in [3.63, 3.8) is 0 Å². The summed E-state index contributed by atoms with van der Waals surface area (Å²) >= 11 is 5.91. The van der Waals surface area contributed by atoms with Gasteiger partial charge < -0.3 is 4.57 Å². The van der Waals surface area contributed by atoms with Crippen molar-refractivity contribution in [2.75, 3.05) is 6.54 Å². The second kappa shape index (κ2) is 7.71. The lowest BCUT2D eigenvalue weighted by Crippen LogP contribution is -2.27. The summed E-state index contributed by atoms with van der Waals surface area (Å²) in [5.41, 5.74) is 2.42. The van der Waals surface area contributed by atoms with Crippen LogP contribution in [0.2, 0.25) is 5.02 Å². The number of hydrogen-bond acceptors (Lipinski definition) is 4. The Balaban J connectivity index is 1.61. The standard InChI is InChI=1S/C20H17ClN4O2S/c21-16-8-4-9-17(14-16)28(26,27)23-12-13-25-19(15-6-2-1-3-7-15)24-18-10-5-11-22-20(18)25/h1-11,14,23H,12-13H2. The van der Waals surface area contributed by atoms with E-state index in [1.807, 2.05) is 47.0 Å². The second-order valence-corrected chi connectivity index (χ2v) is 8.36. The van der Waals surface area contributed by atoms with Crippen molar-refractivity contribution in [2.24, 2.45) is 0 Å². The van der Waals surface area contributed by atoms with Gasteiger partial charge in [-0.3, -0.25) is 0 Å². The van der Waals surface area contributed by atoms with Crippen LogP contribution in [0.4, 0.5) is 0 Å². The number of fused-ring (bicyclic) bond motifs is 1. The lowest BCUT2D eigenvalue weighted by molar-refractivity contribution is 0.574. The number of aromatic nitrogens is 3. The van der Waals surface area contributed by atoms with Gasteiger partial charge in [-0.1, -0.05) is 48.0 Å². The highest BCUT2D eigenvalue weighted by Gasteiger charge is 2.16. The van der Waals surface area contributed by atoms with Gasteiger partial charge in [-0.05, 0) is 30.3 Å². The van der Waals surface area contributed by atoms with E-state index in [9.17, 15) is 8.42 Å². The molecule has 0 bridgehead atoms. The Hall–Kier alpha value is -2.74. The van der Waals surface area contributed by atoms with Crippen LogP contribution >= 0.6 is 11.6 Å². The number of rotatable bonds is 6. The van der Waals surface area contributed by atoms with E-state index in [0.717, 1.165) is 16.9 Å². The Morgan fingerprint density at radius 3 is 2.61 bits per heavy atom. The third-order valence-electron chi connectivity index (χ3n) is 4.27. The molecule has 0 fully saturated rings. The number of imidazole rings is 1. The molecule has 2 aromatic heterocycles. The van der Waals surface area contributed by atoms with Crippen LogP contribution in [-0.4, -0.2) is 29.5 Å². The summed E-state index contributed by atoms with van der Waals surface area (Å²) in [6.45, 7) is 0.578. The molecule has 0 saturated carbocycles. The molecular formula is C20H17ClN4O2S. The molecule has 0 atom stereocenters. The summed E-state index contributed by atoms with van der Waals surface area (Å²) in [5.74, 6) is 0.747. The van der Waals surface area contributed by atoms with E-state index < -0.39 is 10.0 Å². The Kier molecular flexibility index (Phi) is 5.13. The topological polar surface area (TPSA) is 76.9 Å². The highest BCUT2D eigenvalue weighted by Crippen LogP contribution is 2.23. The van der Waals surface area contributed by atoms with E-state index in [2.05, 4.69) is 14.7 Å². The zero-order chi connectivity index (χ0) is 19.6. The van der Waals surface area contributed by atoms with Crippen molar-refractivity contribution in [3.05, 3.63) is 77.9 Å². The van der Waals surface area contributed by atoms with E-state index in [1.54, 1.807) is 18.3 Å². The second-order valence-electron chi connectivity index (χ2n) is 6.15. The fourth-order valence-corrected chi connectivity index (χ4v) is 4.31. The van der Waals surface area contributed by atoms with E-state index in [0.29, 0.717) is 17.2 Å². The van der Waals surface area contributed by atoms with Gasteiger partial charge in [-0.2, -0.15) is 0 Å². The molecule has 0 aliphatic carbocycles. The van der Waals surface area contributed by atoms with Crippen molar-refractivity contribution in [1.82, 2.24) is 19.3 Å². The smallest absolute Gasteiger partial charge is 0.240 e. The van der Waals surface area contributed by atoms with Crippen molar-refractivity contribution in [2.45, 2.75) is 11.4 Å². The lowest BCUT2D eigenvalue weighted by Gasteiger charge is -2.11. The normalized spacial score (nSPS) is 11.8. The molecule has 0 spiro atoms. The molecular weight excluding hydrogens is 396 g/mol. The first-order valence-corrected chi connectivity index (χ1v) is 10.5. The molecule has 6 nitrogen and oxygen atoms in total. The quantitative estimate of drug-likeness (QED) is 0.523. The van der Waals surface area contributed by atoms with Gasteiger partial charge in [0, 0.05) is 29.9 Å². The average Bonchev–Trinajstić information content (AvgIpc) is 3.07. The molecule has 4 aromatic rings. The number of nitrogens with zero attached hydrogens (tertiary/aromatic N) is 3. The van der Waals surface area contributed by atoms with Crippen LogP contribution in [0.15, 0.2) is 77.8 Å². The first-order valence-electron chi connectivity index (χ1n) is 8.66. The predicted molar refractivity (Wildman–Crippen MR) is 110 cm³/mol. The minimum absolute atomic E-state index is 0.136. The summed E-state index contributed by atoms with van der Waals surface area (Å²) in [6, 6.07) is 19.6. The van der Waals surface area contributed by atoms with Gasteiger partial charge in [-0.25, -0.2) is 23.1 Å². The molecule has 0 amide bonds. The van der Waals surface area contributed by atoms with Crippen LogP contribution < -0.4 is 4.72 Å². The van der Waals surface area contributed by atoms with Gasteiger partial charge in [0.2, 0.25) is 10.0 Å². The number of sulfonamides is 1. The van der Waals surface area contributed by atoms with Crippen LogP contribution in [0.1, 0.15) is 0 Å². The molecule has 0 radical (unpaired) electrons. The highest BCUT2D eigenvalue weighted by molar-refractivity contribution is 7.89. The van der Waals surface area contributed by atoms with E-state index in [4.69, 9.17) is 11.6 Å². The van der Waals surface area contributed by atoms with Gasteiger partial charge in [-0.15, -0.1) is 0 Å². The van der Waals surface area contributed by atoms with E-state index in [1.165, 1.54) is 12.1 Å². The summed E-state index contributed by atoms with van der Waals surface area (Å²) in [7, 11) is -3.66. The van der Waals surface area contributed by atoms with Gasteiger partial charge in [0.15, 0.2) is 5.65 Å². The molecule has 2 aromatic carbocycles. The number of pyridine rings is 1. The molecule has 2 heterocycles. The summed E-state index contributed by atoms with van der Waals surface area (Å²) < 4.78 is 29.6. The van der Waals surface area contributed by atoms with Gasteiger partial charge in [0.25, 0.3) is 0 Å². The van der Waals surface area contributed by atoms with E-state index >= 15 is 0 Å². The molecule has 0 unspecified atom stereocenters. The summed E-state index contributed by atoms with van der Waals surface area (Å²) in [5, 5.41) is 0.374. The largest absolute Gasteiger partial charge is 0.307 e. The fraction of sp³-hybridized carbons (Fsp3) is 0.100. The fourth-order valence-electron chi connectivity index (χ4n) is 2.99. The first kappa shape index (κ1) is 18.6. The predicted octanol–water partition coefficient (Wildman–Crippen LogP) is 3.73. The Labute approximate surface area is 167 Å².